The molecule has 75 heavy (non-hydrogen) atoms. The average Bonchev–Trinajstić information content (AvgIpc) is 3.23. The zero-order valence-electron chi connectivity index (χ0n) is 43.7. The van der Waals surface area contributed by atoms with E-state index in [9.17, 15) is 93.6 Å². The van der Waals surface area contributed by atoms with Crippen LogP contribution in [0.25, 0.3) is 0 Å². The SMILES string of the molecule is CC(C)(C)C(=O)CCC(=O)NCCCCC(C(=O)[O-])N(CCC(CC(=O)[O-])CC(=O)[O-])CCN(CC(=O)[O-])CC(=O)[O-].CC(C)(C)C(=O)CN1CCN(CC(=O)[O-])CCN(CC(=O)[O-])CCN(CC(=O)[O-])CC1.[Gd+3].[Gd+3]. The van der Waals surface area contributed by atoms with Crippen molar-refractivity contribution in [2.24, 2.45) is 16.7 Å². The van der Waals surface area contributed by atoms with Crippen molar-refractivity contribution < 1.29 is 173 Å². The molecule has 1 atom stereocenters. The van der Waals surface area contributed by atoms with Gasteiger partial charge in [-0.3, -0.25) is 43.8 Å². The van der Waals surface area contributed by atoms with Crippen molar-refractivity contribution in [3.8, 4) is 0 Å². The van der Waals surface area contributed by atoms with Gasteiger partial charge >= 0.3 is 79.9 Å². The maximum absolute atomic E-state index is 12.5. The third-order valence-corrected chi connectivity index (χ3v) is 11.7. The molecule has 1 fully saturated rings. The second-order valence-corrected chi connectivity index (χ2v) is 20.0. The molecule has 1 heterocycles. The quantitative estimate of drug-likeness (QED) is 0.0611. The van der Waals surface area contributed by atoms with E-state index in [2.05, 4.69) is 5.32 Å². The zero-order valence-corrected chi connectivity index (χ0v) is 48.2. The van der Waals surface area contributed by atoms with E-state index in [0.29, 0.717) is 32.6 Å². The molecule has 0 aromatic rings. The molecule has 1 N–H and O–H groups in total. The standard InChI is InChI=1S/C27H45N3O12.C20H36N4O7.2Gd/c1-27(2,3)20(31)7-8-21(32)28-10-5-4-6-19(26(41)42)30(11-9-18(14-22(33)34)15-23(35)36)13-12-29(16-24(37)38)17-25(39)40;1-20(2,3)16(25)12-21-4-6-22(13-17(26)27)8-10-24(15-19(30)31)11-9-23(7-5-21)14-18(28)29;;/h18-19H,4-17H2,1-3H3,(H,28,32)(H,33,34)(H,35,36)(H,37,38)(H,39,40)(H,41,42);4-15H2,1-3H3,(H,26,27)(H,28,29)(H,30,31);;/q;;2*+3/p-8. The molecule has 428 valence electrons. The normalized spacial score (nSPS) is 14.9. The Kier molecular flexibility index (Phi) is 40.9. The van der Waals surface area contributed by atoms with Gasteiger partial charge in [0.1, 0.15) is 5.78 Å². The van der Waals surface area contributed by atoms with Crippen LogP contribution in [0.2, 0.25) is 0 Å². The Labute approximate surface area is 502 Å². The van der Waals surface area contributed by atoms with Crippen LogP contribution >= 0.6 is 0 Å². The molecular weight excluding hydrogens is 1280 g/mol. The molecule has 1 rings (SSSR count). The summed E-state index contributed by atoms with van der Waals surface area (Å²) in [6.45, 7) is 10.5. The number of unbranched alkanes of at least 4 members (excludes halogenated alkanes) is 1. The van der Waals surface area contributed by atoms with Crippen LogP contribution in [0.4, 0.5) is 0 Å². The van der Waals surface area contributed by atoms with Crippen molar-refractivity contribution in [3.05, 3.63) is 0 Å². The minimum atomic E-state index is -1.58. The van der Waals surface area contributed by atoms with Crippen LogP contribution in [0, 0.1) is 96.6 Å². The first-order chi connectivity index (χ1) is 33.8. The second-order valence-electron chi connectivity index (χ2n) is 20.0. The molecule has 1 saturated heterocycles. The van der Waals surface area contributed by atoms with Gasteiger partial charge in [-0.1, -0.05) is 41.5 Å². The van der Waals surface area contributed by atoms with Crippen molar-refractivity contribution in [3.63, 3.8) is 0 Å². The van der Waals surface area contributed by atoms with Gasteiger partial charge < -0.3 is 84.5 Å². The topological polar surface area (TPSA) is 404 Å². The summed E-state index contributed by atoms with van der Waals surface area (Å²) in [4.78, 5) is 135. The average molecular weight is 1350 g/mol. The number of carboxylic acid groups (broad SMARTS) is 8. The van der Waals surface area contributed by atoms with Crippen LogP contribution in [0.1, 0.15) is 92.9 Å². The Morgan fingerprint density at radius 3 is 1.19 bits per heavy atom. The van der Waals surface area contributed by atoms with Gasteiger partial charge in [0, 0.05) is 146 Å². The molecule has 26 nitrogen and oxygen atoms in total. The van der Waals surface area contributed by atoms with Gasteiger partial charge in [0.25, 0.3) is 0 Å². The van der Waals surface area contributed by atoms with Gasteiger partial charge in [-0.25, -0.2) is 0 Å². The number of aliphatic carboxylic acids is 8. The molecule has 0 saturated carbocycles. The second kappa shape index (κ2) is 40.2. The van der Waals surface area contributed by atoms with Crippen LogP contribution in [0.3, 0.4) is 0 Å². The van der Waals surface area contributed by atoms with Crippen LogP contribution in [0.5, 0.6) is 0 Å². The largest absolute Gasteiger partial charge is 3.00 e. The van der Waals surface area contributed by atoms with Crippen molar-refractivity contribution >= 4 is 65.2 Å². The Morgan fingerprint density at radius 1 is 0.467 bits per heavy atom. The first-order valence-corrected chi connectivity index (χ1v) is 24.1. The molecular formula is C47H73Gd2N7O19-2. The summed E-state index contributed by atoms with van der Waals surface area (Å²) in [5.41, 5.74) is -1.10. The van der Waals surface area contributed by atoms with Crippen molar-refractivity contribution in [2.75, 3.05) is 118 Å². The summed E-state index contributed by atoms with van der Waals surface area (Å²) >= 11 is 0. The number of rotatable bonds is 32. The monoisotopic (exact) mass is 1360 g/mol. The number of hydrogen-bond donors (Lipinski definition) is 1. The first-order valence-electron chi connectivity index (χ1n) is 24.1. The summed E-state index contributed by atoms with van der Waals surface area (Å²) in [6, 6.07) is -1.29. The number of carboxylic acids is 8. The Hall–Kier alpha value is -3.02. The summed E-state index contributed by atoms with van der Waals surface area (Å²) in [5, 5.41) is 92.2. The fourth-order valence-corrected chi connectivity index (χ4v) is 7.40. The fraction of sp³-hybridized carbons (Fsp3) is 0.766. The number of amides is 1. The van der Waals surface area contributed by atoms with E-state index in [4.69, 9.17) is 0 Å². The van der Waals surface area contributed by atoms with Crippen LogP contribution in [-0.4, -0.2) is 218 Å². The number of ketones is 2. The van der Waals surface area contributed by atoms with Gasteiger partial charge in [-0.05, 0) is 51.0 Å². The molecule has 2 radical (unpaired) electrons. The molecule has 0 spiro atoms. The van der Waals surface area contributed by atoms with E-state index >= 15 is 0 Å². The van der Waals surface area contributed by atoms with Gasteiger partial charge in [0.2, 0.25) is 5.91 Å². The number of nitrogens with zero attached hydrogens (tertiary/aromatic N) is 6. The Bertz CT molecular complexity index is 1750. The maximum Gasteiger partial charge on any atom is 3.00 e. The predicted octanol–water partition coefficient (Wildman–Crippen LogP) is -10.8. The number of carbonyl (C=O) groups excluding carboxylic acids is 11. The van der Waals surface area contributed by atoms with E-state index in [-0.39, 0.29) is 208 Å². The maximum atomic E-state index is 12.5. The van der Waals surface area contributed by atoms with Crippen LogP contribution < -0.4 is 46.2 Å². The Balaban J connectivity index is -0.00000140. The summed E-state index contributed by atoms with van der Waals surface area (Å²) in [6.07, 6.45) is -0.626. The predicted molar refractivity (Wildman–Crippen MR) is 240 cm³/mol. The van der Waals surface area contributed by atoms with Gasteiger partial charge in [0.05, 0.1) is 42.4 Å². The smallest absolute Gasteiger partial charge is 0.550 e. The summed E-state index contributed by atoms with van der Waals surface area (Å²) in [7, 11) is 0. The third kappa shape index (κ3) is 39.9. The molecule has 0 aromatic heterocycles. The van der Waals surface area contributed by atoms with Crippen molar-refractivity contribution in [1.82, 2.24) is 34.7 Å². The number of carbonyl (C=O) groups is 11. The van der Waals surface area contributed by atoms with Crippen molar-refractivity contribution in [1.29, 1.82) is 0 Å². The molecule has 28 heteroatoms. The molecule has 0 aliphatic carbocycles. The minimum Gasteiger partial charge on any atom is -0.550 e. The van der Waals surface area contributed by atoms with E-state index in [1.54, 1.807) is 35.5 Å². The van der Waals surface area contributed by atoms with Crippen LogP contribution in [0.15, 0.2) is 0 Å². The summed E-state index contributed by atoms with van der Waals surface area (Å²) in [5.74, 6) is -12.8. The number of Topliss-reactive ketones (excluding diaryl/α,β-unsaturated/α-hetero) is 2. The summed E-state index contributed by atoms with van der Waals surface area (Å²) < 4.78 is 0. The third-order valence-electron chi connectivity index (χ3n) is 11.7. The molecule has 1 aliphatic rings. The number of nitrogens with one attached hydrogen (secondary N) is 1. The Morgan fingerprint density at radius 2 is 0.853 bits per heavy atom. The van der Waals surface area contributed by atoms with Crippen molar-refractivity contribution in [2.45, 2.75) is 99.0 Å². The van der Waals surface area contributed by atoms with Gasteiger partial charge in [-0.2, -0.15) is 0 Å². The van der Waals surface area contributed by atoms with Gasteiger partial charge in [-0.15, -0.1) is 0 Å². The minimum absolute atomic E-state index is 0. The number of hydrogen-bond acceptors (Lipinski definition) is 25. The zero-order chi connectivity index (χ0) is 56.1. The molecule has 0 bridgehead atoms. The van der Waals surface area contributed by atoms with Gasteiger partial charge in [0.15, 0.2) is 5.78 Å². The van der Waals surface area contributed by atoms with E-state index in [1.165, 1.54) is 4.90 Å². The molecule has 0 aromatic carbocycles. The van der Waals surface area contributed by atoms with E-state index < -0.39 is 96.5 Å². The molecule has 1 amide bonds. The molecule has 1 unspecified atom stereocenters. The van der Waals surface area contributed by atoms with E-state index in [0.717, 1.165) is 4.90 Å². The van der Waals surface area contributed by atoms with Crippen LogP contribution in [-0.2, 0) is 52.7 Å². The first kappa shape index (κ1) is 76.2. The fourth-order valence-electron chi connectivity index (χ4n) is 7.40. The molecule has 1 aliphatic heterocycles. The van der Waals surface area contributed by atoms with E-state index in [1.807, 2.05) is 25.7 Å².